The van der Waals surface area contributed by atoms with Gasteiger partial charge < -0.3 is 9.80 Å². The highest BCUT2D eigenvalue weighted by Gasteiger charge is 2.53. The second kappa shape index (κ2) is 6.14. The zero-order valence-electron chi connectivity index (χ0n) is 13.9. The molecule has 0 atom stereocenters. The molecule has 2 fully saturated rings. The number of nitrogens with zero attached hydrogens (tertiary/aromatic N) is 2. The Bertz CT molecular complexity index is 761. The van der Waals surface area contributed by atoms with Crippen LogP contribution < -0.4 is 4.90 Å². The van der Waals surface area contributed by atoms with Gasteiger partial charge in [-0.2, -0.15) is 0 Å². The van der Waals surface area contributed by atoms with E-state index in [1.54, 1.807) is 24.3 Å². The van der Waals surface area contributed by atoms with Crippen LogP contribution in [0.5, 0.6) is 0 Å². The first-order valence-electron chi connectivity index (χ1n) is 8.64. The predicted molar refractivity (Wildman–Crippen MR) is 92.5 cm³/mol. The lowest BCUT2D eigenvalue weighted by Gasteiger charge is -2.38. The highest BCUT2D eigenvalue weighted by molar-refractivity contribution is 5.91. The van der Waals surface area contributed by atoms with Gasteiger partial charge in [-0.1, -0.05) is 12.1 Å². The molecule has 1 aliphatic heterocycles. The molecule has 2 aromatic carbocycles. The van der Waals surface area contributed by atoms with E-state index in [1.807, 2.05) is 4.90 Å². The van der Waals surface area contributed by atoms with E-state index in [0.717, 1.165) is 37.2 Å². The van der Waals surface area contributed by atoms with Crippen LogP contribution >= 0.6 is 0 Å². The fourth-order valence-electron chi connectivity index (χ4n) is 3.64. The van der Waals surface area contributed by atoms with Gasteiger partial charge >= 0.3 is 0 Å². The Morgan fingerprint density at radius 1 is 0.800 bits per heavy atom. The van der Waals surface area contributed by atoms with Gasteiger partial charge in [0.15, 0.2) is 0 Å². The van der Waals surface area contributed by atoms with Crippen LogP contribution in [-0.2, 0) is 10.2 Å². The van der Waals surface area contributed by atoms with Crippen LogP contribution in [-0.4, -0.2) is 37.0 Å². The molecule has 0 unspecified atom stereocenters. The molecule has 0 radical (unpaired) electrons. The van der Waals surface area contributed by atoms with Gasteiger partial charge in [-0.25, -0.2) is 8.78 Å². The lowest BCUT2D eigenvalue weighted by molar-refractivity contribution is -0.134. The summed E-state index contributed by atoms with van der Waals surface area (Å²) in [6, 6.07) is 12.8. The predicted octanol–water partition coefficient (Wildman–Crippen LogP) is 3.35. The zero-order chi connectivity index (χ0) is 17.4. The molecule has 4 rings (SSSR count). The van der Waals surface area contributed by atoms with E-state index in [4.69, 9.17) is 0 Å². The van der Waals surface area contributed by atoms with Gasteiger partial charge in [0.2, 0.25) is 5.91 Å². The molecule has 130 valence electrons. The molecule has 0 bridgehead atoms. The molecule has 1 saturated heterocycles. The van der Waals surface area contributed by atoms with Crippen molar-refractivity contribution >= 4 is 11.6 Å². The summed E-state index contributed by atoms with van der Waals surface area (Å²) < 4.78 is 26.2. The van der Waals surface area contributed by atoms with Crippen LogP contribution in [0.3, 0.4) is 0 Å². The molecular weight excluding hydrogens is 322 g/mol. The maximum Gasteiger partial charge on any atom is 0.233 e. The Morgan fingerprint density at radius 2 is 1.32 bits per heavy atom. The van der Waals surface area contributed by atoms with Crippen molar-refractivity contribution in [2.75, 3.05) is 31.1 Å². The van der Waals surface area contributed by atoms with E-state index in [0.29, 0.717) is 13.1 Å². The highest BCUT2D eigenvalue weighted by Crippen LogP contribution is 2.49. The number of amides is 1. The number of hydrogen-bond acceptors (Lipinski definition) is 2. The van der Waals surface area contributed by atoms with Crippen molar-refractivity contribution in [2.45, 2.75) is 18.3 Å². The molecule has 1 aliphatic carbocycles. The van der Waals surface area contributed by atoms with E-state index in [1.165, 1.54) is 24.3 Å². The third kappa shape index (κ3) is 2.99. The van der Waals surface area contributed by atoms with Gasteiger partial charge in [-0.15, -0.1) is 0 Å². The summed E-state index contributed by atoms with van der Waals surface area (Å²) in [5.74, 6) is -0.370. The number of halogens is 2. The number of piperazine rings is 1. The minimum atomic E-state index is -0.453. The third-order valence-electron chi connectivity index (χ3n) is 5.31. The van der Waals surface area contributed by atoms with Crippen LogP contribution in [0.4, 0.5) is 14.5 Å². The number of benzene rings is 2. The Hall–Kier alpha value is -2.43. The van der Waals surface area contributed by atoms with Gasteiger partial charge in [0.25, 0.3) is 0 Å². The van der Waals surface area contributed by atoms with Crippen LogP contribution in [0.1, 0.15) is 18.4 Å². The van der Waals surface area contributed by atoms with E-state index < -0.39 is 5.41 Å². The molecule has 3 nitrogen and oxygen atoms in total. The second-order valence-electron chi connectivity index (χ2n) is 6.84. The van der Waals surface area contributed by atoms with E-state index in [-0.39, 0.29) is 17.5 Å². The largest absolute Gasteiger partial charge is 0.368 e. The number of anilines is 1. The molecule has 25 heavy (non-hydrogen) atoms. The first-order chi connectivity index (χ1) is 12.1. The van der Waals surface area contributed by atoms with Crippen molar-refractivity contribution in [3.63, 3.8) is 0 Å². The highest BCUT2D eigenvalue weighted by atomic mass is 19.1. The number of rotatable bonds is 3. The normalized spacial score (nSPS) is 19.0. The maximum absolute atomic E-state index is 13.2. The van der Waals surface area contributed by atoms with Crippen molar-refractivity contribution in [3.05, 3.63) is 65.7 Å². The first-order valence-corrected chi connectivity index (χ1v) is 8.64. The lowest BCUT2D eigenvalue weighted by atomic mass is 9.94. The fourth-order valence-corrected chi connectivity index (χ4v) is 3.64. The SMILES string of the molecule is O=C(N1CCN(c2ccc(F)cc2)CC1)C1(c2ccc(F)cc2)CC1. The van der Waals surface area contributed by atoms with Gasteiger partial charge in [0.05, 0.1) is 5.41 Å². The molecule has 1 heterocycles. The van der Waals surface area contributed by atoms with Gasteiger partial charge in [0, 0.05) is 31.9 Å². The molecule has 2 aromatic rings. The number of hydrogen-bond donors (Lipinski definition) is 0. The van der Waals surface area contributed by atoms with Gasteiger partial charge in [0.1, 0.15) is 11.6 Å². The van der Waals surface area contributed by atoms with Gasteiger partial charge in [-0.05, 0) is 54.8 Å². The van der Waals surface area contributed by atoms with Crippen LogP contribution in [0.2, 0.25) is 0 Å². The monoisotopic (exact) mass is 342 g/mol. The Labute approximate surface area is 145 Å². The standard InChI is InChI=1S/C20H20F2N2O/c21-16-3-1-15(2-4-16)20(9-10-20)19(25)24-13-11-23(12-14-24)18-7-5-17(22)6-8-18/h1-8H,9-14H2. The number of carbonyl (C=O) groups is 1. The molecular formula is C20H20F2N2O. The minimum absolute atomic E-state index is 0.151. The van der Waals surface area contributed by atoms with E-state index in [2.05, 4.69) is 4.90 Å². The quantitative estimate of drug-likeness (QED) is 0.854. The number of carbonyl (C=O) groups excluding carboxylic acids is 1. The van der Waals surface area contributed by atoms with Crippen LogP contribution in [0.25, 0.3) is 0 Å². The maximum atomic E-state index is 13.2. The van der Waals surface area contributed by atoms with Crippen molar-refractivity contribution in [1.29, 1.82) is 0 Å². The fraction of sp³-hybridized carbons (Fsp3) is 0.350. The summed E-state index contributed by atoms with van der Waals surface area (Å²) in [4.78, 5) is 17.1. The summed E-state index contributed by atoms with van der Waals surface area (Å²) in [6.07, 6.45) is 1.66. The Balaban J connectivity index is 1.43. The van der Waals surface area contributed by atoms with Crippen molar-refractivity contribution in [2.24, 2.45) is 0 Å². The second-order valence-corrected chi connectivity index (χ2v) is 6.84. The Morgan fingerprint density at radius 3 is 1.84 bits per heavy atom. The van der Waals surface area contributed by atoms with Crippen molar-refractivity contribution in [1.82, 2.24) is 4.90 Å². The average Bonchev–Trinajstić information content (AvgIpc) is 3.44. The zero-order valence-corrected chi connectivity index (χ0v) is 13.9. The summed E-state index contributed by atoms with van der Waals surface area (Å²) in [5, 5.41) is 0. The summed E-state index contributed by atoms with van der Waals surface area (Å²) in [5.41, 5.74) is 1.44. The van der Waals surface area contributed by atoms with Crippen LogP contribution in [0, 0.1) is 11.6 Å². The molecule has 0 spiro atoms. The third-order valence-corrected chi connectivity index (χ3v) is 5.31. The molecule has 1 saturated carbocycles. The molecule has 0 N–H and O–H groups in total. The smallest absolute Gasteiger partial charge is 0.233 e. The lowest BCUT2D eigenvalue weighted by Crippen LogP contribution is -2.51. The topological polar surface area (TPSA) is 23.6 Å². The van der Waals surface area contributed by atoms with E-state index in [9.17, 15) is 13.6 Å². The Kier molecular flexibility index (Phi) is 3.94. The van der Waals surface area contributed by atoms with Crippen molar-refractivity contribution < 1.29 is 13.6 Å². The minimum Gasteiger partial charge on any atom is -0.368 e. The molecule has 0 aromatic heterocycles. The summed E-state index contributed by atoms with van der Waals surface area (Å²) in [7, 11) is 0. The summed E-state index contributed by atoms with van der Waals surface area (Å²) >= 11 is 0. The first kappa shape index (κ1) is 16.1. The van der Waals surface area contributed by atoms with Crippen LogP contribution in [0.15, 0.2) is 48.5 Å². The average molecular weight is 342 g/mol. The van der Waals surface area contributed by atoms with Crippen molar-refractivity contribution in [3.8, 4) is 0 Å². The summed E-state index contributed by atoms with van der Waals surface area (Å²) in [6.45, 7) is 2.77. The van der Waals surface area contributed by atoms with E-state index >= 15 is 0 Å². The molecule has 2 aliphatic rings. The molecule has 5 heteroatoms. The van der Waals surface area contributed by atoms with Gasteiger partial charge in [-0.3, -0.25) is 4.79 Å². The molecule has 1 amide bonds.